The van der Waals surface area contributed by atoms with E-state index in [1.54, 1.807) is 0 Å². The summed E-state index contributed by atoms with van der Waals surface area (Å²) in [5, 5.41) is 3.68. The fourth-order valence-electron chi connectivity index (χ4n) is 3.30. The molecule has 2 heteroatoms. The molecule has 2 fully saturated rings. The number of nitrogens with one attached hydrogen (secondary N) is 1. The summed E-state index contributed by atoms with van der Waals surface area (Å²) in [5.41, 5.74) is 0. The molecule has 100 valence electrons. The average Bonchev–Trinajstić information content (AvgIpc) is 2.31. The Balaban J connectivity index is 1.63. The summed E-state index contributed by atoms with van der Waals surface area (Å²) in [5.74, 6) is 1.02. The monoisotopic (exact) mass is 238 g/mol. The van der Waals surface area contributed by atoms with Crippen LogP contribution < -0.4 is 5.32 Å². The molecule has 2 saturated carbocycles. The van der Waals surface area contributed by atoms with Gasteiger partial charge in [0.05, 0.1) is 0 Å². The molecule has 0 bridgehead atoms. The molecule has 1 N–H and O–H groups in total. The Hall–Kier alpha value is -0.0800. The molecule has 2 aliphatic carbocycles. The second-order valence-corrected chi connectivity index (χ2v) is 6.20. The minimum atomic E-state index is 0.809. The van der Waals surface area contributed by atoms with E-state index in [9.17, 15) is 0 Å². The van der Waals surface area contributed by atoms with Crippen LogP contribution in [0.5, 0.6) is 0 Å². The molecule has 0 aromatic heterocycles. The highest BCUT2D eigenvalue weighted by atomic mass is 15.1. The van der Waals surface area contributed by atoms with E-state index in [4.69, 9.17) is 0 Å². The summed E-state index contributed by atoms with van der Waals surface area (Å²) in [7, 11) is 2.35. The lowest BCUT2D eigenvalue weighted by atomic mass is 9.84. The SMILES string of the molecule is CCCNC1CCC(N(C)CC2CCC2)CC1. The van der Waals surface area contributed by atoms with Gasteiger partial charge in [-0.3, -0.25) is 0 Å². The van der Waals surface area contributed by atoms with E-state index in [-0.39, 0.29) is 0 Å². The quantitative estimate of drug-likeness (QED) is 0.765. The Morgan fingerprint density at radius 3 is 2.29 bits per heavy atom. The number of nitrogens with zero attached hydrogens (tertiary/aromatic N) is 1. The highest BCUT2D eigenvalue weighted by Gasteiger charge is 2.26. The molecule has 17 heavy (non-hydrogen) atoms. The lowest BCUT2D eigenvalue weighted by molar-refractivity contribution is 0.127. The van der Waals surface area contributed by atoms with Crippen molar-refractivity contribution in [3.63, 3.8) is 0 Å². The summed E-state index contributed by atoms with van der Waals surface area (Å²) in [6.45, 7) is 4.82. The Bertz CT molecular complexity index is 205. The molecule has 0 aromatic rings. The molecule has 2 nitrogen and oxygen atoms in total. The Morgan fingerprint density at radius 2 is 1.76 bits per heavy atom. The highest BCUT2D eigenvalue weighted by Crippen LogP contribution is 2.29. The number of hydrogen-bond donors (Lipinski definition) is 1. The van der Waals surface area contributed by atoms with Gasteiger partial charge in [-0.15, -0.1) is 0 Å². The zero-order chi connectivity index (χ0) is 12.1. The molecular formula is C15H30N2. The molecule has 2 rings (SSSR count). The fourth-order valence-corrected chi connectivity index (χ4v) is 3.30. The Morgan fingerprint density at radius 1 is 1.06 bits per heavy atom. The molecule has 0 aliphatic heterocycles. The average molecular weight is 238 g/mol. The van der Waals surface area contributed by atoms with E-state index in [0.717, 1.165) is 18.0 Å². The maximum atomic E-state index is 3.68. The van der Waals surface area contributed by atoms with Crippen molar-refractivity contribution in [2.75, 3.05) is 20.1 Å². The van der Waals surface area contributed by atoms with Gasteiger partial charge in [0.2, 0.25) is 0 Å². The van der Waals surface area contributed by atoms with E-state index < -0.39 is 0 Å². The van der Waals surface area contributed by atoms with Crippen LogP contribution in [0.15, 0.2) is 0 Å². The summed E-state index contributed by atoms with van der Waals surface area (Å²) in [6.07, 6.45) is 11.3. The van der Waals surface area contributed by atoms with Crippen molar-refractivity contribution in [3.8, 4) is 0 Å². The van der Waals surface area contributed by atoms with E-state index in [2.05, 4.69) is 24.2 Å². The highest BCUT2D eigenvalue weighted by molar-refractivity contribution is 4.83. The van der Waals surface area contributed by atoms with E-state index in [0.29, 0.717) is 0 Å². The normalized spacial score (nSPS) is 30.5. The maximum absolute atomic E-state index is 3.68. The summed E-state index contributed by atoms with van der Waals surface area (Å²) in [6, 6.07) is 1.68. The van der Waals surface area contributed by atoms with Gasteiger partial charge in [-0.2, -0.15) is 0 Å². The Kier molecular flexibility index (Phi) is 5.30. The first-order chi connectivity index (χ1) is 8.29. The van der Waals surface area contributed by atoms with Crippen molar-refractivity contribution < 1.29 is 0 Å². The molecule has 2 aliphatic rings. The predicted molar refractivity (Wildman–Crippen MR) is 74.3 cm³/mol. The van der Waals surface area contributed by atoms with Gasteiger partial charge in [-0.25, -0.2) is 0 Å². The van der Waals surface area contributed by atoms with Gasteiger partial charge in [0, 0.05) is 18.6 Å². The van der Waals surface area contributed by atoms with Gasteiger partial charge in [-0.1, -0.05) is 13.3 Å². The van der Waals surface area contributed by atoms with Crippen LogP contribution in [0.25, 0.3) is 0 Å². The summed E-state index contributed by atoms with van der Waals surface area (Å²) < 4.78 is 0. The van der Waals surface area contributed by atoms with Crippen molar-refractivity contribution in [3.05, 3.63) is 0 Å². The third kappa shape index (κ3) is 3.96. The van der Waals surface area contributed by atoms with Crippen molar-refractivity contribution >= 4 is 0 Å². The first-order valence-corrected chi connectivity index (χ1v) is 7.73. The minimum Gasteiger partial charge on any atom is -0.314 e. The lowest BCUT2D eigenvalue weighted by Crippen LogP contribution is -2.43. The van der Waals surface area contributed by atoms with Gasteiger partial charge in [0.1, 0.15) is 0 Å². The molecule has 0 saturated heterocycles. The third-order valence-electron chi connectivity index (χ3n) is 4.77. The standard InChI is InChI=1S/C15H30N2/c1-3-11-16-14-7-9-15(10-8-14)17(2)12-13-5-4-6-13/h13-16H,3-12H2,1-2H3. The topological polar surface area (TPSA) is 15.3 Å². The third-order valence-corrected chi connectivity index (χ3v) is 4.77. The molecule has 0 amide bonds. The molecular weight excluding hydrogens is 208 g/mol. The number of hydrogen-bond acceptors (Lipinski definition) is 2. The zero-order valence-electron chi connectivity index (χ0n) is 11.8. The van der Waals surface area contributed by atoms with Crippen LogP contribution in [-0.4, -0.2) is 37.1 Å². The van der Waals surface area contributed by atoms with Crippen molar-refractivity contribution in [2.24, 2.45) is 5.92 Å². The predicted octanol–water partition coefficient (Wildman–Crippen LogP) is 3.03. The van der Waals surface area contributed by atoms with E-state index in [1.807, 2.05) is 0 Å². The minimum absolute atomic E-state index is 0.809. The first-order valence-electron chi connectivity index (χ1n) is 7.73. The number of rotatable bonds is 6. The van der Waals surface area contributed by atoms with Gasteiger partial charge in [-0.05, 0) is 64.5 Å². The maximum Gasteiger partial charge on any atom is 0.00934 e. The van der Waals surface area contributed by atoms with E-state index in [1.165, 1.54) is 64.5 Å². The van der Waals surface area contributed by atoms with Gasteiger partial charge in [0.15, 0.2) is 0 Å². The van der Waals surface area contributed by atoms with Crippen molar-refractivity contribution in [2.45, 2.75) is 70.4 Å². The second-order valence-electron chi connectivity index (χ2n) is 6.20. The summed E-state index contributed by atoms with van der Waals surface area (Å²) in [4.78, 5) is 2.65. The van der Waals surface area contributed by atoms with Crippen LogP contribution in [0.1, 0.15) is 58.3 Å². The van der Waals surface area contributed by atoms with Crippen LogP contribution in [0.3, 0.4) is 0 Å². The van der Waals surface area contributed by atoms with Crippen molar-refractivity contribution in [1.82, 2.24) is 10.2 Å². The second kappa shape index (κ2) is 6.75. The lowest BCUT2D eigenvalue weighted by Gasteiger charge is -2.38. The largest absolute Gasteiger partial charge is 0.314 e. The zero-order valence-corrected chi connectivity index (χ0v) is 11.8. The molecule has 0 heterocycles. The van der Waals surface area contributed by atoms with Gasteiger partial charge in [0.25, 0.3) is 0 Å². The van der Waals surface area contributed by atoms with Crippen LogP contribution in [0, 0.1) is 5.92 Å². The first kappa shape index (κ1) is 13.4. The van der Waals surface area contributed by atoms with Crippen molar-refractivity contribution in [1.29, 1.82) is 0 Å². The molecule has 0 unspecified atom stereocenters. The molecule has 0 atom stereocenters. The fraction of sp³-hybridized carbons (Fsp3) is 1.00. The van der Waals surface area contributed by atoms with E-state index >= 15 is 0 Å². The van der Waals surface area contributed by atoms with Crippen LogP contribution in [-0.2, 0) is 0 Å². The van der Waals surface area contributed by atoms with Gasteiger partial charge >= 0.3 is 0 Å². The molecule has 0 aromatic carbocycles. The summed E-state index contributed by atoms with van der Waals surface area (Å²) >= 11 is 0. The smallest absolute Gasteiger partial charge is 0.00934 e. The molecule has 0 radical (unpaired) electrons. The Labute approximate surface area is 107 Å². The van der Waals surface area contributed by atoms with Crippen LogP contribution in [0.4, 0.5) is 0 Å². The van der Waals surface area contributed by atoms with Gasteiger partial charge < -0.3 is 10.2 Å². The van der Waals surface area contributed by atoms with Crippen LogP contribution in [0.2, 0.25) is 0 Å². The van der Waals surface area contributed by atoms with Crippen LogP contribution >= 0.6 is 0 Å². The molecule has 0 spiro atoms.